The molecule has 20 heavy (non-hydrogen) atoms. The van der Waals surface area contributed by atoms with Crippen molar-refractivity contribution in [1.82, 2.24) is 9.88 Å². The highest BCUT2D eigenvalue weighted by Gasteiger charge is 2.23. The Balaban J connectivity index is 2.81. The highest BCUT2D eigenvalue weighted by atomic mass is 16.5. The van der Waals surface area contributed by atoms with Crippen molar-refractivity contribution in [3.63, 3.8) is 0 Å². The van der Waals surface area contributed by atoms with E-state index in [9.17, 15) is 14.4 Å². The smallest absolute Gasteiger partial charge is 0.355 e. The number of carbonyl (C=O) groups excluding carboxylic acids is 3. The number of amides is 3. The van der Waals surface area contributed by atoms with Crippen molar-refractivity contribution in [2.45, 2.75) is 32.9 Å². The summed E-state index contributed by atoms with van der Waals surface area (Å²) >= 11 is 0. The highest BCUT2D eigenvalue weighted by Crippen LogP contribution is 2.17. The number of ether oxygens (including phenoxy) is 1. The zero-order valence-corrected chi connectivity index (χ0v) is 11.5. The number of primary amides is 1. The number of nitrogens with one attached hydrogen (secondary N) is 1. The molecule has 1 aromatic rings. The summed E-state index contributed by atoms with van der Waals surface area (Å²) in [6.07, 6.45) is 0.460. The molecule has 0 aliphatic heterocycles. The van der Waals surface area contributed by atoms with E-state index in [1.165, 1.54) is 13.0 Å². The third-order valence-corrected chi connectivity index (χ3v) is 2.53. The average molecular weight is 282 g/mol. The van der Waals surface area contributed by atoms with Gasteiger partial charge in [0.15, 0.2) is 6.10 Å². The number of aromatic nitrogens is 1. The Labute approximate surface area is 116 Å². The molecule has 0 aliphatic carbocycles. The van der Waals surface area contributed by atoms with Gasteiger partial charge in [-0.15, -0.1) is 0 Å². The average Bonchev–Trinajstić information content (AvgIpc) is 2.70. The Morgan fingerprint density at radius 2 is 1.90 bits per heavy atom. The van der Waals surface area contributed by atoms with Crippen LogP contribution in [0.1, 0.15) is 37.3 Å². The first-order valence-corrected chi connectivity index (χ1v) is 6.01. The minimum absolute atomic E-state index is 0.00426. The van der Waals surface area contributed by atoms with Gasteiger partial charge in [-0.1, -0.05) is 0 Å². The van der Waals surface area contributed by atoms with Crippen molar-refractivity contribution in [1.29, 1.82) is 0 Å². The summed E-state index contributed by atoms with van der Waals surface area (Å²) in [5, 5.41) is 1.83. The zero-order chi connectivity index (χ0) is 15.4. The van der Waals surface area contributed by atoms with Crippen LogP contribution in [-0.2, 0) is 9.53 Å². The number of anilines is 1. The molecule has 1 rings (SSSR count). The summed E-state index contributed by atoms with van der Waals surface area (Å²) in [7, 11) is 0. The molecular formula is C12H18N4O4. The van der Waals surface area contributed by atoms with E-state index in [2.05, 4.69) is 0 Å². The number of nitrogens with two attached hydrogens (primary N) is 2. The van der Waals surface area contributed by atoms with E-state index in [0.29, 0.717) is 5.69 Å². The topological polar surface area (TPSA) is 129 Å². The van der Waals surface area contributed by atoms with Crippen molar-refractivity contribution in [2.75, 3.05) is 5.73 Å². The molecule has 1 heterocycles. The van der Waals surface area contributed by atoms with E-state index in [1.54, 1.807) is 10.8 Å². The van der Waals surface area contributed by atoms with E-state index in [1.807, 2.05) is 19.2 Å². The monoisotopic (exact) mass is 282 g/mol. The molecule has 1 aromatic heterocycles. The largest absolute Gasteiger partial charge is 0.448 e. The van der Waals surface area contributed by atoms with E-state index in [-0.39, 0.29) is 11.7 Å². The summed E-state index contributed by atoms with van der Waals surface area (Å²) in [5.74, 6) is -1.50. The maximum Gasteiger partial charge on any atom is 0.355 e. The van der Waals surface area contributed by atoms with E-state index < -0.39 is 24.0 Å². The lowest BCUT2D eigenvalue weighted by atomic mass is 10.3. The fourth-order valence-electron chi connectivity index (χ4n) is 1.59. The minimum atomic E-state index is -1.15. The lowest BCUT2D eigenvalue weighted by Crippen LogP contribution is -2.42. The molecule has 0 aromatic carbocycles. The molecule has 1 atom stereocenters. The Kier molecular flexibility index (Phi) is 4.73. The summed E-state index contributed by atoms with van der Waals surface area (Å²) in [5.41, 5.74) is 11.1. The van der Waals surface area contributed by atoms with Gasteiger partial charge < -0.3 is 20.8 Å². The van der Waals surface area contributed by atoms with Gasteiger partial charge in [-0.3, -0.25) is 10.1 Å². The molecule has 110 valence electrons. The molecule has 0 radical (unpaired) electrons. The molecule has 0 saturated carbocycles. The van der Waals surface area contributed by atoms with Crippen molar-refractivity contribution in [2.24, 2.45) is 5.73 Å². The fourth-order valence-corrected chi connectivity index (χ4v) is 1.59. The van der Waals surface area contributed by atoms with Crippen LogP contribution >= 0.6 is 0 Å². The third-order valence-electron chi connectivity index (χ3n) is 2.53. The molecule has 8 nitrogen and oxygen atoms in total. The predicted molar refractivity (Wildman–Crippen MR) is 71.8 cm³/mol. The Morgan fingerprint density at radius 1 is 1.30 bits per heavy atom. The van der Waals surface area contributed by atoms with E-state index in [0.717, 1.165) is 0 Å². The molecule has 1 unspecified atom stereocenters. The normalized spacial score (nSPS) is 12.0. The van der Waals surface area contributed by atoms with Crippen molar-refractivity contribution in [3.05, 3.63) is 18.0 Å². The Bertz CT molecular complexity index is 536. The second-order valence-electron chi connectivity index (χ2n) is 4.56. The van der Waals surface area contributed by atoms with Crippen LogP contribution in [0, 0.1) is 0 Å². The number of urea groups is 1. The molecule has 0 spiro atoms. The first-order valence-electron chi connectivity index (χ1n) is 6.01. The minimum Gasteiger partial charge on any atom is -0.448 e. The maximum absolute atomic E-state index is 12.0. The van der Waals surface area contributed by atoms with Gasteiger partial charge in [0.1, 0.15) is 5.69 Å². The Morgan fingerprint density at radius 3 is 2.40 bits per heavy atom. The number of nitrogens with zero attached hydrogens (tertiary/aromatic N) is 1. The Hall–Kier alpha value is -2.51. The molecular weight excluding hydrogens is 264 g/mol. The number of imide groups is 1. The molecule has 0 fully saturated rings. The van der Waals surface area contributed by atoms with E-state index in [4.69, 9.17) is 16.2 Å². The number of nitrogen functional groups attached to an aromatic ring is 1. The first kappa shape index (κ1) is 15.5. The molecule has 0 aliphatic rings. The van der Waals surface area contributed by atoms with Crippen LogP contribution in [0.15, 0.2) is 12.3 Å². The SMILES string of the molecule is CC(OC(=O)c1cc(N)cn1C(C)C)C(=O)NC(N)=O. The first-order chi connectivity index (χ1) is 9.22. The number of esters is 1. The highest BCUT2D eigenvalue weighted by molar-refractivity contribution is 5.97. The second kappa shape index (κ2) is 6.09. The molecule has 0 saturated heterocycles. The predicted octanol–water partition coefficient (Wildman–Crippen LogP) is 0.391. The summed E-state index contributed by atoms with van der Waals surface area (Å²) < 4.78 is 6.60. The van der Waals surface area contributed by atoms with Crippen LogP contribution in [-0.4, -0.2) is 28.6 Å². The number of carbonyl (C=O) groups is 3. The standard InChI is InChI=1S/C12H18N4O4/c1-6(2)16-5-8(13)4-9(16)11(18)20-7(3)10(17)15-12(14)19/h4-7H,13H2,1-3H3,(H3,14,15,17,19). The van der Waals surface area contributed by atoms with Gasteiger partial charge in [-0.2, -0.15) is 0 Å². The van der Waals surface area contributed by atoms with Gasteiger partial charge in [-0.25, -0.2) is 9.59 Å². The van der Waals surface area contributed by atoms with E-state index >= 15 is 0 Å². The summed E-state index contributed by atoms with van der Waals surface area (Å²) in [6, 6.07) is 0.457. The summed E-state index contributed by atoms with van der Waals surface area (Å²) in [6.45, 7) is 5.08. The lowest BCUT2D eigenvalue weighted by Gasteiger charge is -2.15. The van der Waals surface area contributed by atoms with Crippen molar-refractivity contribution < 1.29 is 19.1 Å². The zero-order valence-electron chi connectivity index (χ0n) is 11.5. The van der Waals surface area contributed by atoms with Gasteiger partial charge in [0.25, 0.3) is 5.91 Å². The van der Waals surface area contributed by atoms with Gasteiger partial charge in [0.2, 0.25) is 0 Å². The van der Waals surface area contributed by atoms with Gasteiger partial charge in [0, 0.05) is 12.2 Å². The fraction of sp³-hybridized carbons (Fsp3) is 0.417. The number of rotatable bonds is 4. The molecule has 3 amide bonds. The third kappa shape index (κ3) is 3.74. The number of hydrogen-bond donors (Lipinski definition) is 3. The quantitative estimate of drug-likeness (QED) is 0.688. The van der Waals surface area contributed by atoms with Gasteiger partial charge in [0.05, 0.1) is 5.69 Å². The lowest BCUT2D eigenvalue weighted by molar-refractivity contribution is -0.127. The summed E-state index contributed by atoms with van der Waals surface area (Å²) in [4.78, 5) is 34.0. The molecule has 8 heteroatoms. The van der Waals surface area contributed by atoms with Crippen LogP contribution < -0.4 is 16.8 Å². The van der Waals surface area contributed by atoms with Crippen molar-refractivity contribution in [3.8, 4) is 0 Å². The van der Waals surface area contributed by atoms with Crippen molar-refractivity contribution >= 4 is 23.6 Å². The van der Waals surface area contributed by atoms with Gasteiger partial charge >= 0.3 is 12.0 Å². The molecule has 5 N–H and O–H groups in total. The van der Waals surface area contributed by atoms with Crippen LogP contribution in [0.3, 0.4) is 0 Å². The van der Waals surface area contributed by atoms with Crippen LogP contribution in [0.4, 0.5) is 10.5 Å². The second-order valence-corrected chi connectivity index (χ2v) is 4.56. The number of hydrogen-bond acceptors (Lipinski definition) is 5. The van der Waals surface area contributed by atoms with Crippen LogP contribution in [0.5, 0.6) is 0 Å². The maximum atomic E-state index is 12.0. The van der Waals surface area contributed by atoms with Gasteiger partial charge in [-0.05, 0) is 26.8 Å². The van der Waals surface area contributed by atoms with Crippen LogP contribution in [0.2, 0.25) is 0 Å². The van der Waals surface area contributed by atoms with Crippen LogP contribution in [0.25, 0.3) is 0 Å². The molecule has 0 bridgehead atoms.